The Hall–Kier alpha value is -6.36. The van der Waals surface area contributed by atoms with Crippen LogP contribution in [0.5, 0.6) is 0 Å². The van der Waals surface area contributed by atoms with Gasteiger partial charge in [0.05, 0.1) is 33.6 Å². The van der Waals surface area contributed by atoms with Gasteiger partial charge in [0.25, 0.3) is 5.91 Å². The summed E-state index contributed by atoms with van der Waals surface area (Å²) in [5.41, 5.74) is 0. The van der Waals surface area contributed by atoms with Crippen LogP contribution in [-0.2, 0) is 71.7 Å². The fourth-order valence-corrected chi connectivity index (χ4v) is 9.99. The molecule has 0 spiro atoms. The van der Waals surface area contributed by atoms with Crippen LogP contribution < -0.4 is 16.0 Å². The number of amides is 9. The van der Waals surface area contributed by atoms with Gasteiger partial charge < -0.3 is 59.6 Å². The molecule has 2 rings (SSSR count). The molecular weight excluding hydrogens is 1000 g/mol. The van der Waals surface area contributed by atoms with Gasteiger partial charge in [-0.3, -0.25) is 52.7 Å². The van der Waals surface area contributed by atoms with Gasteiger partial charge >= 0.3 is 17.9 Å². The molecule has 0 saturated carbocycles. The van der Waals surface area contributed by atoms with Gasteiger partial charge in [0.2, 0.25) is 47.3 Å². The van der Waals surface area contributed by atoms with Gasteiger partial charge in [0.15, 0.2) is 6.10 Å². The first kappa shape index (κ1) is 66.8. The molecule has 0 aromatic carbocycles. The second kappa shape index (κ2) is 30.0. The summed E-state index contributed by atoms with van der Waals surface area (Å²) in [4.78, 5) is 177. The van der Waals surface area contributed by atoms with Gasteiger partial charge in [-0.2, -0.15) is 0 Å². The van der Waals surface area contributed by atoms with Crippen molar-refractivity contribution >= 4 is 71.1 Å². The second-order valence-corrected chi connectivity index (χ2v) is 21.5. The Morgan fingerprint density at radius 1 is 0.571 bits per heavy atom. The number of cyclic esters (lactones) is 1. The van der Waals surface area contributed by atoms with Gasteiger partial charge in [0.1, 0.15) is 48.3 Å². The molecule has 2 aliphatic heterocycles. The molecule has 77 heavy (non-hydrogen) atoms. The Labute approximate surface area is 454 Å². The minimum atomic E-state index is -1.72. The van der Waals surface area contributed by atoms with Crippen molar-refractivity contribution in [1.29, 1.82) is 0 Å². The molecule has 0 unspecified atom stereocenters. The molecule has 0 aromatic rings. The third-order valence-electron chi connectivity index (χ3n) is 15.0. The van der Waals surface area contributed by atoms with Crippen molar-refractivity contribution in [2.75, 3.05) is 62.5 Å². The number of ether oxygens (including phenoxy) is 3. The van der Waals surface area contributed by atoms with Crippen LogP contribution in [0.15, 0.2) is 0 Å². The first-order valence-electron chi connectivity index (χ1n) is 26.7. The summed E-state index contributed by atoms with van der Waals surface area (Å²) in [6.07, 6.45) is -1.02. The van der Waals surface area contributed by atoms with Crippen molar-refractivity contribution in [3.63, 3.8) is 0 Å². The number of piperidine rings is 1. The van der Waals surface area contributed by atoms with Crippen molar-refractivity contribution < 1.29 is 71.7 Å². The van der Waals surface area contributed by atoms with E-state index in [0.29, 0.717) is 25.7 Å². The average molecular weight is 1090 g/mol. The molecule has 2 aliphatic rings. The zero-order chi connectivity index (χ0) is 59.1. The first-order chi connectivity index (χ1) is 35.9. The zero-order valence-corrected chi connectivity index (χ0v) is 48.8. The number of hydrogen-bond donors (Lipinski definition) is 3. The molecule has 24 heteroatoms. The number of rotatable bonds is 11. The van der Waals surface area contributed by atoms with E-state index in [0.717, 1.165) is 28.9 Å². The van der Waals surface area contributed by atoms with Crippen molar-refractivity contribution in [2.24, 2.45) is 29.6 Å². The van der Waals surface area contributed by atoms with E-state index in [1.165, 1.54) is 56.9 Å². The van der Waals surface area contributed by atoms with Gasteiger partial charge in [-0.05, 0) is 55.8 Å². The Morgan fingerprint density at radius 2 is 1.06 bits per heavy atom. The van der Waals surface area contributed by atoms with E-state index in [-0.39, 0.29) is 13.0 Å². The molecule has 0 radical (unpaired) electrons. The van der Waals surface area contributed by atoms with Crippen LogP contribution in [0.25, 0.3) is 0 Å². The highest BCUT2D eigenvalue weighted by Gasteiger charge is 2.46. The molecule has 0 aromatic heterocycles. The van der Waals surface area contributed by atoms with Crippen molar-refractivity contribution in [2.45, 2.75) is 176 Å². The zero-order valence-electron chi connectivity index (χ0n) is 48.8. The summed E-state index contributed by atoms with van der Waals surface area (Å²) < 4.78 is 15.4. The molecule has 2 fully saturated rings. The van der Waals surface area contributed by atoms with Crippen molar-refractivity contribution in [3.05, 3.63) is 0 Å². The minimum Gasteiger partial charge on any atom is -0.469 e. The van der Waals surface area contributed by atoms with Crippen LogP contribution >= 0.6 is 0 Å². The van der Waals surface area contributed by atoms with Crippen LogP contribution in [0.4, 0.5) is 0 Å². The molecule has 436 valence electrons. The standard InChI is InChI=1S/C53H89N9O15/c1-19-31(9)43-45(66)54-27-37(63)58(13)41(29(5)6)46(67)55-34(25-38(64)75-17)53(74)77-33(11)48(69)62-24-22-21-23-35(62)49(70)59(14)42(30(7)8)47(68)56-40(28(3)4)51(72)57(12)36(26-39(65)76-18)50(71)61(16)44(32(10)20-2)52(73)60(43)15/h28-36,40-44H,19-27H2,1-18H3,(H,54,66)(H,55,67)(H,56,68)/t31-,32-,33+,34-,35-,36+,40-,41-,42-,43-,44-/m0/s1. The number of carbonyl (C=O) groups is 12. The number of likely N-dealkylation sites (N-methyl/N-ethyl adjacent to an activating group) is 5. The van der Waals surface area contributed by atoms with E-state index in [1.54, 1.807) is 69.2 Å². The van der Waals surface area contributed by atoms with Gasteiger partial charge in [-0.1, -0.05) is 82.1 Å². The number of methoxy groups -OCH3 is 2. The second-order valence-electron chi connectivity index (χ2n) is 21.5. The summed E-state index contributed by atoms with van der Waals surface area (Å²) >= 11 is 0. The summed E-state index contributed by atoms with van der Waals surface area (Å²) in [5, 5.41) is 7.88. The highest BCUT2D eigenvalue weighted by atomic mass is 16.6. The number of hydrogen-bond acceptors (Lipinski definition) is 15. The topological polar surface area (TPSA) is 288 Å². The van der Waals surface area contributed by atoms with E-state index in [9.17, 15) is 57.5 Å². The SMILES string of the molecule is CC[C@H](C)[C@H]1C(=O)N(C)[C@@H]([C@@H](C)CC)C(=O)NCC(=O)N(C)[C@@H](C(C)C)C(=O)N[C@@H](CC(=O)OC)C(=O)O[C@H](C)C(=O)N2CCCC[C@H]2C(=O)N(C)[C@@H](C(C)C)C(=O)N[C@@H](C(C)C)C(=O)N(C)[C@H](CC(=O)OC)C(=O)N1C. The quantitative estimate of drug-likeness (QED) is 0.190. The number of fused-ring (bicyclic) bond motifs is 1. The van der Waals surface area contributed by atoms with E-state index in [2.05, 4.69) is 16.0 Å². The largest absolute Gasteiger partial charge is 0.469 e. The van der Waals surface area contributed by atoms with E-state index < -0.39 is 174 Å². The lowest BCUT2D eigenvalue weighted by Gasteiger charge is -2.41. The molecule has 2 saturated heterocycles. The molecule has 0 aliphatic carbocycles. The molecular formula is C53H89N9O15. The molecule has 9 amide bonds. The van der Waals surface area contributed by atoms with Crippen molar-refractivity contribution in [1.82, 2.24) is 45.3 Å². The van der Waals surface area contributed by atoms with Gasteiger partial charge in [-0.15, -0.1) is 0 Å². The monoisotopic (exact) mass is 1090 g/mol. The Morgan fingerprint density at radius 3 is 1.58 bits per heavy atom. The molecule has 11 atom stereocenters. The molecule has 2 heterocycles. The first-order valence-corrected chi connectivity index (χ1v) is 26.7. The van der Waals surface area contributed by atoms with Crippen LogP contribution in [0, 0.1) is 29.6 Å². The predicted octanol–water partition coefficient (Wildman–Crippen LogP) is 0.720. The third kappa shape index (κ3) is 16.8. The van der Waals surface area contributed by atoms with Gasteiger partial charge in [0, 0.05) is 41.8 Å². The molecule has 0 bridgehead atoms. The Kier molecular flexibility index (Phi) is 26.0. The maximum Gasteiger partial charge on any atom is 0.330 e. The van der Waals surface area contributed by atoms with Crippen molar-refractivity contribution in [3.8, 4) is 0 Å². The van der Waals surface area contributed by atoms with E-state index in [1.807, 2.05) is 0 Å². The molecule has 3 N–H and O–H groups in total. The third-order valence-corrected chi connectivity index (χ3v) is 15.0. The lowest BCUT2D eigenvalue weighted by atomic mass is 9.92. The lowest BCUT2D eigenvalue weighted by molar-refractivity contribution is -0.166. The average Bonchev–Trinajstić information content (AvgIpc) is 3.38. The fraction of sp³-hybridized carbons (Fsp3) is 0.774. The fourth-order valence-electron chi connectivity index (χ4n) is 9.99. The van der Waals surface area contributed by atoms with Crippen LogP contribution in [-0.4, -0.2) is 217 Å². The van der Waals surface area contributed by atoms with Crippen LogP contribution in [0.1, 0.15) is 121 Å². The highest BCUT2D eigenvalue weighted by Crippen LogP contribution is 2.26. The normalized spacial score (nSPS) is 27.3. The summed E-state index contributed by atoms with van der Waals surface area (Å²) in [6, 6.07) is -10.7. The number of carbonyl (C=O) groups excluding carboxylic acids is 12. The van der Waals surface area contributed by atoms with Crippen LogP contribution in [0.2, 0.25) is 0 Å². The van der Waals surface area contributed by atoms with Gasteiger partial charge in [-0.25, -0.2) is 4.79 Å². The summed E-state index contributed by atoms with van der Waals surface area (Å²) in [6.45, 7) is 17.7. The lowest BCUT2D eigenvalue weighted by Crippen LogP contribution is -2.63. The van der Waals surface area contributed by atoms with E-state index in [4.69, 9.17) is 14.2 Å². The number of nitrogens with one attached hydrogen (secondary N) is 3. The highest BCUT2D eigenvalue weighted by molar-refractivity contribution is 5.99. The maximum atomic E-state index is 14.9. The summed E-state index contributed by atoms with van der Waals surface area (Å²) in [7, 11) is 8.93. The van der Waals surface area contributed by atoms with E-state index >= 15 is 0 Å². The number of nitrogens with zero attached hydrogens (tertiary/aromatic N) is 6. The molecule has 24 nitrogen and oxygen atoms in total. The smallest absolute Gasteiger partial charge is 0.330 e. The maximum absolute atomic E-state index is 14.9. The van der Waals surface area contributed by atoms with Crippen LogP contribution in [0.3, 0.4) is 0 Å². The predicted molar refractivity (Wildman–Crippen MR) is 281 cm³/mol. The minimum absolute atomic E-state index is 0.0703. The number of esters is 3. The Bertz CT molecular complexity index is 2150. The Balaban J connectivity index is 2.93. The summed E-state index contributed by atoms with van der Waals surface area (Å²) in [5.74, 6) is -12.6.